The van der Waals surface area contributed by atoms with E-state index in [4.69, 9.17) is 21.0 Å². The highest BCUT2D eigenvalue weighted by Crippen LogP contribution is 2.16. The van der Waals surface area contributed by atoms with Crippen LogP contribution in [-0.4, -0.2) is 0 Å². The van der Waals surface area contributed by atoms with Gasteiger partial charge in [-0.15, -0.1) is 37.0 Å². The third-order valence-electron chi connectivity index (χ3n) is 3.73. The first-order chi connectivity index (χ1) is 12.3. The van der Waals surface area contributed by atoms with E-state index in [-0.39, 0.29) is 42.4 Å². The molecule has 4 unspecified atom stereocenters. The predicted octanol–water partition coefficient (Wildman–Crippen LogP) is -0.485. The highest BCUT2D eigenvalue weighted by atomic mass is 31.0. The molecule has 0 heterocycles. The van der Waals surface area contributed by atoms with E-state index in [2.05, 4.69) is 37.0 Å². The van der Waals surface area contributed by atoms with Crippen molar-refractivity contribution in [1.29, 1.82) is 21.0 Å². The Bertz CT molecular complexity index is 1160. The molecule has 0 fully saturated rings. The molecule has 0 aliphatic heterocycles. The fourth-order valence-electron chi connectivity index (χ4n) is 2.57. The molecule has 126 valence electrons. The molecule has 2 rings (SSSR count). The Kier molecular flexibility index (Phi) is 6.01. The van der Waals surface area contributed by atoms with Crippen LogP contribution in [0.15, 0.2) is 0 Å². The molecule has 4 nitrogen and oxygen atoms in total. The summed E-state index contributed by atoms with van der Waals surface area (Å²) in [5.41, 5.74) is -0.891. The standard InChI is InChI=1S/C16H8F2N4P4/c17-11-7(5(1-19)2-20)13(23)9-10(15(11)25)14(24)8(6(3-21)4-22)12(18)16(9)26/h23-26H2. The lowest BCUT2D eigenvalue weighted by molar-refractivity contribution is 0.627. The van der Waals surface area contributed by atoms with Crippen molar-refractivity contribution in [1.82, 2.24) is 0 Å². The van der Waals surface area contributed by atoms with Crippen molar-refractivity contribution in [3.63, 3.8) is 0 Å². The monoisotopic (exact) mass is 418 g/mol. The van der Waals surface area contributed by atoms with Gasteiger partial charge in [0.25, 0.3) is 0 Å². The average molecular weight is 418 g/mol. The lowest BCUT2D eigenvalue weighted by Gasteiger charge is -2.15. The van der Waals surface area contributed by atoms with Crippen LogP contribution in [0.3, 0.4) is 0 Å². The summed E-state index contributed by atoms with van der Waals surface area (Å²) < 4.78 is 29.8. The fraction of sp³-hybridized carbons (Fsp3) is 0. The number of nitrogens with zero attached hydrogens (tertiary/aromatic N) is 4. The lowest BCUT2D eigenvalue weighted by Crippen LogP contribution is -2.40. The van der Waals surface area contributed by atoms with Gasteiger partial charge in [0.2, 0.25) is 0 Å². The van der Waals surface area contributed by atoms with Gasteiger partial charge in [0.1, 0.15) is 47.1 Å². The minimum atomic E-state index is -0.827. The number of hydrogen-bond acceptors (Lipinski definition) is 4. The maximum Gasteiger partial charge on any atom is 0.140 e. The van der Waals surface area contributed by atoms with Crippen LogP contribution >= 0.6 is 37.0 Å². The number of fused-ring (bicyclic) bond motifs is 1. The molecule has 0 amide bonds. The Morgan fingerprint density at radius 3 is 1.08 bits per heavy atom. The van der Waals surface area contributed by atoms with Gasteiger partial charge in [-0.25, -0.2) is 8.78 Å². The van der Waals surface area contributed by atoms with Crippen molar-refractivity contribution in [2.75, 3.05) is 0 Å². The summed E-state index contributed by atoms with van der Waals surface area (Å²) in [6.45, 7) is 0. The SMILES string of the molecule is N#CC(C#N)=c1c(F)c(P)c2c(P)c(=C(C#N)C#N)c(F)c(P)c2c1P. The first-order valence-electron chi connectivity index (χ1n) is 6.68. The highest BCUT2D eigenvalue weighted by Gasteiger charge is 2.21. The molecule has 0 bridgehead atoms. The van der Waals surface area contributed by atoms with Crippen molar-refractivity contribution >= 4 is 80.1 Å². The van der Waals surface area contributed by atoms with Crippen LogP contribution in [0.4, 0.5) is 8.78 Å². The number of rotatable bonds is 0. The Labute approximate surface area is 156 Å². The second kappa shape index (κ2) is 7.70. The fourth-order valence-corrected chi connectivity index (χ4v) is 4.93. The summed E-state index contributed by atoms with van der Waals surface area (Å²) in [6.07, 6.45) is 0. The lowest BCUT2D eigenvalue weighted by atomic mass is 10.0. The third kappa shape index (κ3) is 2.88. The van der Waals surface area contributed by atoms with Crippen molar-refractivity contribution in [3.8, 4) is 24.3 Å². The molecule has 2 aromatic carbocycles. The van der Waals surface area contributed by atoms with Gasteiger partial charge in [-0.2, -0.15) is 21.0 Å². The molecule has 0 radical (unpaired) electrons. The molecule has 0 aromatic heterocycles. The first kappa shape index (κ1) is 20.3. The number of benzene rings is 2. The Morgan fingerprint density at radius 1 is 0.577 bits per heavy atom. The topological polar surface area (TPSA) is 95.2 Å². The molecule has 2 aromatic rings. The van der Waals surface area contributed by atoms with Crippen molar-refractivity contribution in [2.45, 2.75) is 0 Å². The van der Waals surface area contributed by atoms with Crippen LogP contribution in [0.25, 0.3) is 21.9 Å². The number of halogens is 2. The van der Waals surface area contributed by atoms with Crippen molar-refractivity contribution < 1.29 is 8.78 Å². The van der Waals surface area contributed by atoms with Gasteiger partial charge in [-0.05, 0) is 10.6 Å². The maximum absolute atomic E-state index is 14.9. The van der Waals surface area contributed by atoms with Gasteiger partial charge in [-0.1, -0.05) is 0 Å². The van der Waals surface area contributed by atoms with Gasteiger partial charge in [0.05, 0.1) is 0 Å². The van der Waals surface area contributed by atoms with Crippen LogP contribution in [0.5, 0.6) is 0 Å². The van der Waals surface area contributed by atoms with Crippen LogP contribution in [-0.2, 0) is 0 Å². The smallest absolute Gasteiger partial charge is 0.140 e. The summed E-state index contributed by atoms with van der Waals surface area (Å²) in [6, 6.07) is 6.54. The molecule has 0 spiro atoms. The Hall–Kier alpha value is -2.02. The highest BCUT2D eigenvalue weighted by molar-refractivity contribution is 7.33. The Balaban J connectivity index is 3.48. The van der Waals surface area contributed by atoms with Crippen LogP contribution < -0.4 is 31.7 Å². The van der Waals surface area contributed by atoms with Crippen LogP contribution in [0, 0.1) is 57.0 Å². The zero-order valence-electron chi connectivity index (χ0n) is 12.9. The Morgan fingerprint density at radius 2 is 0.846 bits per heavy atom. The van der Waals surface area contributed by atoms with Gasteiger partial charge < -0.3 is 0 Å². The van der Waals surface area contributed by atoms with Gasteiger partial charge in [-0.3, -0.25) is 0 Å². The molecular weight excluding hydrogens is 410 g/mol. The van der Waals surface area contributed by atoms with E-state index in [0.29, 0.717) is 0 Å². The summed E-state index contributed by atoms with van der Waals surface area (Å²) in [4.78, 5) is 0. The normalized spacial score (nSPS) is 9.77. The van der Waals surface area contributed by atoms with E-state index in [1.165, 1.54) is 0 Å². The second-order valence-corrected chi connectivity index (χ2v) is 7.29. The predicted molar refractivity (Wildman–Crippen MR) is 110 cm³/mol. The van der Waals surface area contributed by atoms with Crippen LogP contribution in [0.1, 0.15) is 0 Å². The van der Waals surface area contributed by atoms with E-state index in [1.54, 1.807) is 24.3 Å². The summed E-state index contributed by atoms with van der Waals surface area (Å²) in [5.74, 6) is -1.65. The van der Waals surface area contributed by atoms with Gasteiger partial charge in [0.15, 0.2) is 0 Å². The van der Waals surface area contributed by atoms with E-state index in [0.717, 1.165) is 0 Å². The zero-order valence-corrected chi connectivity index (χ0v) is 17.5. The summed E-state index contributed by atoms with van der Waals surface area (Å²) >= 11 is 0. The first-order valence-corrected chi connectivity index (χ1v) is 8.99. The van der Waals surface area contributed by atoms with E-state index < -0.39 is 22.8 Å². The molecule has 0 aliphatic rings. The number of hydrogen-bond donors (Lipinski definition) is 0. The zero-order chi connectivity index (χ0) is 19.8. The molecule has 4 atom stereocenters. The molecule has 0 N–H and O–H groups in total. The van der Waals surface area contributed by atoms with Crippen LogP contribution in [0.2, 0.25) is 0 Å². The summed E-state index contributed by atoms with van der Waals surface area (Å²) in [5, 5.41) is 36.7. The van der Waals surface area contributed by atoms with E-state index in [1.807, 2.05) is 0 Å². The van der Waals surface area contributed by atoms with E-state index >= 15 is 0 Å². The quantitative estimate of drug-likeness (QED) is 0.540. The molecular formula is C16H8F2N4P4. The summed E-state index contributed by atoms with van der Waals surface area (Å²) in [7, 11) is 8.79. The molecule has 26 heavy (non-hydrogen) atoms. The second-order valence-electron chi connectivity index (χ2n) is 4.98. The third-order valence-corrected chi connectivity index (χ3v) is 5.96. The average Bonchev–Trinajstić information content (AvgIpc) is 2.63. The molecule has 0 saturated heterocycles. The largest absolute Gasteiger partial charge is 0.206 e. The van der Waals surface area contributed by atoms with Gasteiger partial charge in [0, 0.05) is 31.8 Å². The minimum Gasteiger partial charge on any atom is -0.206 e. The molecule has 0 saturated carbocycles. The minimum absolute atomic E-state index is 0.00520. The van der Waals surface area contributed by atoms with Gasteiger partial charge >= 0.3 is 0 Å². The van der Waals surface area contributed by atoms with Crippen molar-refractivity contribution in [2.24, 2.45) is 0 Å². The van der Waals surface area contributed by atoms with Crippen molar-refractivity contribution in [3.05, 3.63) is 22.1 Å². The van der Waals surface area contributed by atoms with E-state index in [9.17, 15) is 8.78 Å². The number of nitriles is 4. The maximum atomic E-state index is 14.9. The molecule has 10 heteroatoms. The molecule has 0 aliphatic carbocycles.